The maximum absolute atomic E-state index is 7.34. The van der Waals surface area contributed by atoms with E-state index in [4.69, 9.17) is 4.42 Å². The molecular formula is C62H58BN3O. The van der Waals surface area contributed by atoms with Gasteiger partial charge in [-0.05, 0) is 159 Å². The Labute approximate surface area is 395 Å². The first-order chi connectivity index (χ1) is 32.2. The summed E-state index contributed by atoms with van der Waals surface area (Å²) in [6.07, 6.45) is 2.31. The van der Waals surface area contributed by atoms with E-state index in [1.54, 1.807) is 0 Å². The molecule has 1 N–H and O–H groups in total. The molecule has 0 atom stereocenters. The molecule has 10 aromatic rings. The number of hydrogen-bond donors (Lipinski definition) is 1. The Kier molecular flexibility index (Phi) is 9.13. The molecule has 4 nitrogen and oxygen atoms in total. The van der Waals surface area contributed by atoms with Crippen molar-refractivity contribution < 1.29 is 4.42 Å². The highest BCUT2D eigenvalue weighted by molar-refractivity contribution is 6.88. The van der Waals surface area contributed by atoms with Crippen molar-refractivity contribution in [3.8, 4) is 16.8 Å². The van der Waals surface area contributed by atoms with Crippen molar-refractivity contribution in [2.45, 2.75) is 91.3 Å². The maximum Gasteiger partial charge on any atom is 0.258 e. The molecule has 0 unspecified atom stereocenters. The molecule has 67 heavy (non-hydrogen) atoms. The molecule has 3 heterocycles. The Morgan fingerprint density at radius 2 is 1.24 bits per heavy atom. The van der Waals surface area contributed by atoms with Gasteiger partial charge in [-0.15, -0.1) is 0 Å². The molecule has 0 amide bonds. The van der Waals surface area contributed by atoms with E-state index in [0.717, 1.165) is 58.1 Å². The Morgan fingerprint density at radius 1 is 0.627 bits per heavy atom. The van der Waals surface area contributed by atoms with E-state index >= 15 is 0 Å². The van der Waals surface area contributed by atoms with Crippen molar-refractivity contribution in [2.75, 3.05) is 10.2 Å². The van der Waals surface area contributed by atoms with Gasteiger partial charge in [0.05, 0.1) is 22.4 Å². The molecular weight excluding hydrogens is 814 g/mol. The van der Waals surface area contributed by atoms with Gasteiger partial charge >= 0.3 is 0 Å². The SMILES string of the molecule is CB1c2oc3cc4c(cc3c2-n2c3cc5ccccc5cc3c3c(C)cc(-c5cc(N(c6ccccc6)c6ccccc6)ccc5Nc5ccc(C(C)(C)C)cc5)c1c32)C(C)(C)CCC4(C)C. The van der Waals surface area contributed by atoms with Crippen molar-refractivity contribution in [2.24, 2.45) is 0 Å². The van der Waals surface area contributed by atoms with Gasteiger partial charge in [0, 0.05) is 50.2 Å². The zero-order chi connectivity index (χ0) is 46.1. The molecule has 0 bridgehead atoms. The second-order valence-electron chi connectivity index (χ2n) is 21.8. The molecule has 1 aliphatic carbocycles. The fourth-order valence-corrected chi connectivity index (χ4v) is 11.6. The molecule has 12 rings (SSSR count). The zero-order valence-electron chi connectivity index (χ0n) is 40.3. The molecule has 0 radical (unpaired) electrons. The summed E-state index contributed by atoms with van der Waals surface area (Å²) in [7, 11) is 0. The van der Waals surface area contributed by atoms with Gasteiger partial charge in [-0.25, -0.2) is 0 Å². The summed E-state index contributed by atoms with van der Waals surface area (Å²) in [6, 6.07) is 58.4. The van der Waals surface area contributed by atoms with Crippen LogP contribution in [-0.2, 0) is 16.2 Å². The van der Waals surface area contributed by atoms with Crippen molar-refractivity contribution in [3.05, 3.63) is 180 Å². The predicted molar refractivity (Wildman–Crippen MR) is 288 cm³/mol. The van der Waals surface area contributed by atoms with Crippen molar-refractivity contribution in [3.63, 3.8) is 0 Å². The highest BCUT2D eigenvalue weighted by atomic mass is 16.3. The quantitative estimate of drug-likeness (QED) is 0.169. The van der Waals surface area contributed by atoms with E-state index in [1.807, 2.05) is 0 Å². The van der Waals surface area contributed by atoms with Crippen LogP contribution in [0.5, 0.6) is 0 Å². The second-order valence-corrected chi connectivity index (χ2v) is 21.8. The van der Waals surface area contributed by atoms with E-state index in [0.29, 0.717) is 0 Å². The number of benzene rings is 8. The second kappa shape index (κ2) is 14.8. The van der Waals surface area contributed by atoms with Crippen LogP contribution < -0.4 is 21.3 Å². The molecule has 2 aromatic heterocycles. The minimum atomic E-state index is -0.0494. The predicted octanol–water partition coefficient (Wildman–Crippen LogP) is 16.1. The molecule has 2 aliphatic rings. The average molecular weight is 872 g/mol. The highest BCUT2D eigenvalue weighted by Crippen LogP contribution is 2.50. The summed E-state index contributed by atoms with van der Waals surface area (Å²) in [6.45, 7) is 21.1. The molecule has 0 saturated carbocycles. The first-order valence-corrected chi connectivity index (χ1v) is 24.2. The van der Waals surface area contributed by atoms with E-state index in [9.17, 15) is 0 Å². The van der Waals surface area contributed by atoms with Gasteiger partial charge in [0.25, 0.3) is 6.71 Å². The first kappa shape index (κ1) is 41.5. The number of hydrogen-bond acceptors (Lipinski definition) is 3. The number of para-hydroxylation sites is 2. The van der Waals surface area contributed by atoms with Gasteiger partial charge in [0.15, 0.2) is 0 Å². The van der Waals surface area contributed by atoms with Crippen LogP contribution in [-0.4, -0.2) is 11.3 Å². The fraction of sp³-hybridized carbons (Fsp3) is 0.226. The molecule has 8 aromatic carbocycles. The Bertz CT molecular complexity index is 3570. The summed E-state index contributed by atoms with van der Waals surface area (Å²) >= 11 is 0. The molecule has 0 spiro atoms. The number of aromatic nitrogens is 1. The lowest BCUT2D eigenvalue weighted by molar-refractivity contribution is 0.332. The number of fused-ring (bicyclic) bond motifs is 9. The van der Waals surface area contributed by atoms with Crippen LogP contribution in [0.3, 0.4) is 0 Å². The van der Waals surface area contributed by atoms with E-state index in [-0.39, 0.29) is 23.0 Å². The van der Waals surface area contributed by atoms with Gasteiger partial charge in [-0.3, -0.25) is 0 Å². The zero-order valence-corrected chi connectivity index (χ0v) is 40.3. The minimum Gasteiger partial charge on any atom is -0.469 e. The summed E-state index contributed by atoms with van der Waals surface area (Å²) in [5.74, 6) is 0. The van der Waals surface area contributed by atoms with Crippen LogP contribution in [0.2, 0.25) is 6.82 Å². The van der Waals surface area contributed by atoms with E-state index in [1.165, 1.54) is 76.9 Å². The largest absolute Gasteiger partial charge is 0.469 e. The van der Waals surface area contributed by atoms with Gasteiger partial charge in [0.1, 0.15) is 5.58 Å². The smallest absolute Gasteiger partial charge is 0.258 e. The normalized spacial score (nSPS) is 15.0. The van der Waals surface area contributed by atoms with Gasteiger partial charge < -0.3 is 19.2 Å². The van der Waals surface area contributed by atoms with Crippen LogP contribution in [0, 0.1) is 6.92 Å². The van der Waals surface area contributed by atoms with Crippen LogP contribution in [0.15, 0.2) is 162 Å². The van der Waals surface area contributed by atoms with Crippen LogP contribution in [0.1, 0.15) is 83.6 Å². The standard InChI is InChI=1S/C62H58BN3O/c1-38-32-47(46-35-45(65(43-20-12-10-13-21-43)44-22-14-11-15-23-44)28-29-52(46)64-42-26-24-41(25-27-42)60(2,3)4)56-58-55(38)48-33-39-18-16-17-19-40(39)34-53(48)66(58)57-49-36-50-51(37-54(49)67-59(57)63(56)9)62(7,8)31-30-61(50,5)6/h10-29,32-37,64H,30-31H2,1-9H3. The fourth-order valence-electron chi connectivity index (χ4n) is 11.6. The number of furan rings is 1. The number of anilines is 5. The topological polar surface area (TPSA) is 33.3 Å². The Morgan fingerprint density at radius 3 is 1.88 bits per heavy atom. The molecule has 0 fully saturated rings. The number of rotatable bonds is 6. The lowest BCUT2D eigenvalue weighted by Gasteiger charge is -2.41. The monoisotopic (exact) mass is 871 g/mol. The average Bonchev–Trinajstić information content (AvgIpc) is 3.86. The highest BCUT2D eigenvalue weighted by Gasteiger charge is 2.41. The van der Waals surface area contributed by atoms with Crippen LogP contribution in [0.4, 0.5) is 28.4 Å². The van der Waals surface area contributed by atoms with E-state index in [2.05, 4.69) is 235 Å². The third-order valence-electron chi connectivity index (χ3n) is 15.5. The molecule has 330 valence electrons. The number of nitrogens with one attached hydrogen (secondary N) is 1. The molecule has 5 heteroatoms. The van der Waals surface area contributed by atoms with E-state index < -0.39 is 0 Å². The van der Waals surface area contributed by atoms with Crippen molar-refractivity contribution >= 4 is 89.8 Å². The van der Waals surface area contributed by atoms with Gasteiger partial charge in [-0.2, -0.15) is 0 Å². The Hall–Kier alpha value is -6.98. The first-order valence-electron chi connectivity index (χ1n) is 24.2. The minimum absolute atomic E-state index is 0.0494. The van der Waals surface area contributed by atoms with Gasteiger partial charge in [-0.1, -0.05) is 134 Å². The number of aryl methyl sites for hydroxylation is 1. The van der Waals surface area contributed by atoms with Crippen molar-refractivity contribution in [1.29, 1.82) is 0 Å². The summed E-state index contributed by atoms with van der Waals surface area (Å²) in [5.41, 5.74) is 20.3. The molecule has 0 saturated heterocycles. The molecule has 1 aliphatic heterocycles. The number of nitrogens with zero attached hydrogens (tertiary/aromatic N) is 2. The summed E-state index contributed by atoms with van der Waals surface area (Å²) < 4.78 is 9.94. The third-order valence-corrected chi connectivity index (χ3v) is 15.5. The van der Waals surface area contributed by atoms with Crippen molar-refractivity contribution in [1.82, 2.24) is 4.57 Å². The Balaban J connectivity index is 1.17. The van der Waals surface area contributed by atoms with Gasteiger partial charge in [0.2, 0.25) is 0 Å². The summed E-state index contributed by atoms with van der Waals surface area (Å²) in [4.78, 5) is 2.37. The lowest BCUT2D eigenvalue weighted by Crippen LogP contribution is -2.45. The maximum atomic E-state index is 7.34. The van der Waals surface area contributed by atoms with Crippen LogP contribution >= 0.6 is 0 Å². The lowest BCUT2D eigenvalue weighted by atomic mass is 9.42. The summed E-state index contributed by atoms with van der Waals surface area (Å²) in [5, 5.41) is 10.2. The van der Waals surface area contributed by atoms with Crippen LogP contribution in [0.25, 0.3) is 60.4 Å². The third kappa shape index (κ3) is 6.49.